The maximum atomic E-state index is 6.40. The van der Waals surface area contributed by atoms with Crippen LogP contribution in [0.2, 0.25) is 0 Å². The summed E-state index contributed by atoms with van der Waals surface area (Å²) in [6, 6.07) is 13.9. The number of aromatic nitrogens is 2. The van der Waals surface area contributed by atoms with E-state index in [1.807, 2.05) is 59.4 Å². The summed E-state index contributed by atoms with van der Waals surface area (Å²) in [5.74, 6) is 0.924. The van der Waals surface area contributed by atoms with E-state index in [2.05, 4.69) is 5.10 Å². The van der Waals surface area contributed by atoms with Gasteiger partial charge in [-0.1, -0.05) is 18.2 Å². The molecule has 1 fully saturated rings. The zero-order valence-corrected chi connectivity index (χ0v) is 11.6. The van der Waals surface area contributed by atoms with Crippen molar-refractivity contribution in [1.82, 2.24) is 9.61 Å². The molecule has 21 heavy (non-hydrogen) atoms. The molecule has 1 aliphatic carbocycles. The number of nitrogens with zero attached hydrogens (tertiary/aromatic N) is 2. The summed E-state index contributed by atoms with van der Waals surface area (Å²) >= 11 is 0. The monoisotopic (exact) mass is 279 g/mol. The standard InChI is InChI=1S/C17H17N3O/c18-17(15-11-19-20-10-2-1-3-16(15)20)12-4-6-13(7-5-12)21-14-8-9-14/h1-7,10-11,14,17H,8-9,18H2. The van der Waals surface area contributed by atoms with Gasteiger partial charge in [0.05, 0.1) is 23.9 Å². The first-order valence-electron chi connectivity index (χ1n) is 7.26. The summed E-state index contributed by atoms with van der Waals surface area (Å²) in [5, 5.41) is 4.34. The maximum Gasteiger partial charge on any atom is 0.119 e. The van der Waals surface area contributed by atoms with E-state index >= 15 is 0 Å². The molecule has 0 spiro atoms. The van der Waals surface area contributed by atoms with Crippen molar-refractivity contribution in [1.29, 1.82) is 0 Å². The van der Waals surface area contributed by atoms with Crippen molar-refractivity contribution in [2.24, 2.45) is 5.73 Å². The van der Waals surface area contributed by atoms with Crippen LogP contribution in [0.25, 0.3) is 5.52 Å². The molecule has 1 aliphatic rings. The molecule has 2 heterocycles. The van der Waals surface area contributed by atoms with E-state index < -0.39 is 0 Å². The lowest BCUT2D eigenvalue weighted by molar-refractivity contribution is 0.303. The second-order valence-electron chi connectivity index (χ2n) is 5.49. The van der Waals surface area contributed by atoms with Crippen molar-refractivity contribution in [3.63, 3.8) is 0 Å². The highest BCUT2D eigenvalue weighted by molar-refractivity contribution is 5.57. The van der Waals surface area contributed by atoms with Gasteiger partial charge in [0.25, 0.3) is 0 Å². The molecule has 0 aliphatic heterocycles. The lowest BCUT2D eigenvalue weighted by Crippen LogP contribution is -2.11. The zero-order valence-electron chi connectivity index (χ0n) is 11.6. The second kappa shape index (κ2) is 4.90. The summed E-state index contributed by atoms with van der Waals surface area (Å²) in [4.78, 5) is 0. The summed E-state index contributed by atoms with van der Waals surface area (Å²) in [6.45, 7) is 0. The molecule has 0 radical (unpaired) electrons. The van der Waals surface area contributed by atoms with Crippen LogP contribution in [-0.2, 0) is 0 Å². The van der Waals surface area contributed by atoms with Crippen LogP contribution in [0.3, 0.4) is 0 Å². The van der Waals surface area contributed by atoms with E-state index in [1.165, 1.54) is 12.8 Å². The minimum atomic E-state index is -0.181. The predicted molar refractivity (Wildman–Crippen MR) is 81.3 cm³/mol. The lowest BCUT2D eigenvalue weighted by atomic mass is 10.0. The Morgan fingerprint density at radius 2 is 1.95 bits per heavy atom. The normalized spacial score (nSPS) is 16.0. The fourth-order valence-electron chi connectivity index (χ4n) is 2.51. The molecule has 1 saturated carbocycles. The molecule has 1 aromatic carbocycles. The Kier molecular flexibility index (Phi) is 2.89. The Bertz CT molecular complexity index is 759. The fraction of sp³-hybridized carbons (Fsp3) is 0.235. The molecule has 4 heteroatoms. The van der Waals surface area contributed by atoms with Crippen LogP contribution in [0.5, 0.6) is 5.75 Å². The minimum Gasteiger partial charge on any atom is -0.490 e. The highest BCUT2D eigenvalue weighted by Crippen LogP contribution is 2.29. The summed E-state index contributed by atoms with van der Waals surface area (Å²) in [6.07, 6.45) is 6.53. The van der Waals surface area contributed by atoms with Crippen molar-refractivity contribution in [3.05, 3.63) is 66.0 Å². The molecule has 106 valence electrons. The average Bonchev–Trinajstić information content (AvgIpc) is 3.23. The number of fused-ring (bicyclic) bond motifs is 1. The number of rotatable bonds is 4. The molecular weight excluding hydrogens is 262 g/mol. The second-order valence-corrected chi connectivity index (χ2v) is 5.49. The molecule has 4 rings (SSSR count). The van der Waals surface area contributed by atoms with Crippen molar-refractivity contribution >= 4 is 5.52 Å². The van der Waals surface area contributed by atoms with Gasteiger partial charge in [-0.15, -0.1) is 0 Å². The highest BCUT2D eigenvalue weighted by atomic mass is 16.5. The van der Waals surface area contributed by atoms with E-state index in [1.54, 1.807) is 0 Å². The Morgan fingerprint density at radius 1 is 1.14 bits per heavy atom. The lowest BCUT2D eigenvalue weighted by Gasteiger charge is -2.12. The molecule has 0 bridgehead atoms. The van der Waals surface area contributed by atoms with Gasteiger partial charge in [-0.3, -0.25) is 0 Å². The third-order valence-corrected chi connectivity index (χ3v) is 3.86. The van der Waals surface area contributed by atoms with Crippen molar-refractivity contribution < 1.29 is 4.74 Å². The zero-order chi connectivity index (χ0) is 14.2. The van der Waals surface area contributed by atoms with Crippen molar-refractivity contribution in [2.45, 2.75) is 25.0 Å². The SMILES string of the molecule is NC(c1ccc(OC2CC2)cc1)c1cnn2ccccc12. The average molecular weight is 279 g/mol. The van der Waals surface area contributed by atoms with E-state index in [-0.39, 0.29) is 6.04 Å². The van der Waals surface area contributed by atoms with Crippen molar-refractivity contribution in [2.75, 3.05) is 0 Å². The predicted octanol–water partition coefficient (Wildman–Crippen LogP) is 2.92. The van der Waals surface area contributed by atoms with E-state index in [4.69, 9.17) is 10.5 Å². The molecule has 0 amide bonds. The molecule has 2 aromatic heterocycles. The Labute approximate surface area is 123 Å². The molecule has 4 nitrogen and oxygen atoms in total. The Hall–Kier alpha value is -2.33. The van der Waals surface area contributed by atoms with Crippen LogP contribution in [0.1, 0.15) is 30.0 Å². The summed E-state index contributed by atoms with van der Waals surface area (Å²) in [7, 11) is 0. The van der Waals surface area contributed by atoms with E-state index in [0.717, 1.165) is 22.4 Å². The van der Waals surface area contributed by atoms with Gasteiger partial charge in [-0.2, -0.15) is 5.10 Å². The Balaban J connectivity index is 1.62. The van der Waals surface area contributed by atoms with Crippen LogP contribution in [0.15, 0.2) is 54.9 Å². The van der Waals surface area contributed by atoms with Gasteiger partial charge < -0.3 is 10.5 Å². The van der Waals surface area contributed by atoms with E-state index in [9.17, 15) is 0 Å². The Morgan fingerprint density at radius 3 is 2.71 bits per heavy atom. The molecule has 3 aromatic rings. The molecule has 2 N–H and O–H groups in total. The van der Waals surface area contributed by atoms with Crippen LogP contribution >= 0.6 is 0 Å². The van der Waals surface area contributed by atoms with Gasteiger partial charge in [-0.05, 0) is 42.7 Å². The van der Waals surface area contributed by atoms with Crippen LogP contribution in [0.4, 0.5) is 0 Å². The molecular formula is C17H17N3O. The minimum absolute atomic E-state index is 0.181. The highest BCUT2D eigenvalue weighted by Gasteiger charge is 2.23. The van der Waals surface area contributed by atoms with Gasteiger partial charge >= 0.3 is 0 Å². The summed E-state index contributed by atoms with van der Waals surface area (Å²) < 4.78 is 7.61. The molecule has 0 saturated heterocycles. The number of benzene rings is 1. The third-order valence-electron chi connectivity index (χ3n) is 3.86. The van der Waals surface area contributed by atoms with Gasteiger partial charge in [0.15, 0.2) is 0 Å². The van der Waals surface area contributed by atoms with E-state index in [0.29, 0.717) is 6.10 Å². The van der Waals surface area contributed by atoms with Crippen molar-refractivity contribution in [3.8, 4) is 5.75 Å². The number of hydrogen-bond acceptors (Lipinski definition) is 3. The molecule has 1 atom stereocenters. The topological polar surface area (TPSA) is 52.5 Å². The van der Waals surface area contributed by atoms with Gasteiger partial charge in [0.1, 0.15) is 5.75 Å². The first kappa shape index (κ1) is 12.4. The number of hydrogen-bond donors (Lipinski definition) is 1. The van der Waals surface area contributed by atoms with Crippen LogP contribution in [0, 0.1) is 0 Å². The van der Waals surface area contributed by atoms with Crippen LogP contribution < -0.4 is 10.5 Å². The van der Waals surface area contributed by atoms with Gasteiger partial charge in [0.2, 0.25) is 0 Å². The summed E-state index contributed by atoms with van der Waals surface area (Å²) in [5.41, 5.74) is 9.54. The van der Waals surface area contributed by atoms with Gasteiger partial charge in [0, 0.05) is 11.8 Å². The fourth-order valence-corrected chi connectivity index (χ4v) is 2.51. The first-order chi connectivity index (χ1) is 10.3. The quantitative estimate of drug-likeness (QED) is 0.799. The third kappa shape index (κ3) is 2.38. The maximum absolute atomic E-state index is 6.40. The van der Waals surface area contributed by atoms with Gasteiger partial charge in [-0.25, -0.2) is 4.52 Å². The van der Waals surface area contributed by atoms with Crippen LogP contribution in [-0.4, -0.2) is 15.7 Å². The first-order valence-corrected chi connectivity index (χ1v) is 7.26. The number of nitrogens with two attached hydrogens (primary N) is 1. The number of pyridine rings is 1. The smallest absolute Gasteiger partial charge is 0.119 e. The number of ether oxygens (including phenoxy) is 1. The molecule has 1 unspecified atom stereocenters. The largest absolute Gasteiger partial charge is 0.490 e.